The first-order chi connectivity index (χ1) is 10.3. The number of nitrogens with one attached hydrogen (secondary N) is 1. The Morgan fingerprint density at radius 3 is 2.90 bits per heavy atom. The van der Waals surface area contributed by atoms with Gasteiger partial charge in [0.2, 0.25) is 0 Å². The molecule has 2 aromatic rings. The maximum Gasteiger partial charge on any atom is 0.178 e. The quantitative estimate of drug-likeness (QED) is 0.601. The number of rotatable bonds is 8. The van der Waals surface area contributed by atoms with Gasteiger partial charge in [0.25, 0.3) is 0 Å². The molecule has 6 heteroatoms. The van der Waals surface area contributed by atoms with Crippen LogP contribution in [0, 0.1) is 16.1 Å². The second kappa shape index (κ2) is 7.93. The first kappa shape index (κ1) is 15.7. The number of aromatic nitrogens is 2. The molecule has 21 heavy (non-hydrogen) atoms. The fourth-order valence-electron chi connectivity index (χ4n) is 2.21. The number of unbranched alkanes of at least 4 members (excludes halogenated alkanes) is 1. The van der Waals surface area contributed by atoms with Gasteiger partial charge in [-0.2, -0.15) is 5.26 Å². The number of nitrogens with zero attached hydrogens (tertiary/aromatic N) is 2. The molecule has 0 bridgehead atoms. The highest BCUT2D eigenvalue weighted by Gasteiger charge is 2.07. The van der Waals surface area contributed by atoms with E-state index in [2.05, 4.69) is 11.1 Å². The number of ether oxygens (including phenoxy) is 2. The Labute approximate surface area is 129 Å². The Kier molecular flexibility index (Phi) is 5.93. The van der Waals surface area contributed by atoms with E-state index in [9.17, 15) is 0 Å². The van der Waals surface area contributed by atoms with Crippen LogP contribution in [0.15, 0.2) is 18.2 Å². The summed E-state index contributed by atoms with van der Waals surface area (Å²) in [6.07, 6.45) is 1.95. The molecular formula is C15H19N3O2S. The number of aromatic amines is 1. The van der Waals surface area contributed by atoms with Crippen LogP contribution in [0.5, 0.6) is 0 Å². The molecule has 0 aliphatic rings. The zero-order valence-electron chi connectivity index (χ0n) is 12.1. The van der Waals surface area contributed by atoms with Crippen LogP contribution in [0.2, 0.25) is 0 Å². The molecule has 0 spiro atoms. The van der Waals surface area contributed by atoms with Gasteiger partial charge in [0.15, 0.2) is 4.77 Å². The minimum absolute atomic E-state index is 0.625. The van der Waals surface area contributed by atoms with E-state index in [1.54, 1.807) is 13.2 Å². The van der Waals surface area contributed by atoms with Crippen LogP contribution >= 0.6 is 12.2 Å². The number of hydrogen-bond donors (Lipinski definition) is 1. The average Bonchev–Trinajstić information content (AvgIpc) is 2.82. The molecule has 0 aliphatic heterocycles. The summed E-state index contributed by atoms with van der Waals surface area (Å²) in [5.41, 5.74) is 2.43. The summed E-state index contributed by atoms with van der Waals surface area (Å²) < 4.78 is 13.1. The summed E-state index contributed by atoms with van der Waals surface area (Å²) in [5.74, 6) is 0. The molecule has 0 unspecified atom stereocenters. The molecule has 0 radical (unpaired) electrons. The lowest BCUT2D eigenvalue weighted by atomic mass is 10.2. The zero-order valence-corrected chi connectivity index (χ0v) is 12.9. The molecule has 0 saturated carbocycles. The van der Waals surface area contributed by atoms with Crippen molar-refractivity contribution in [2.45, 2.75) is 19.4 Å². The molecule has 112 valence electrons. The second-order valence-electron chi connectivity index (χ2n) is 4.71. The fourth-order valence-corrected chi connectivity index (χ4v) is 2.51. The van der Waals surface area contributed by atoms with Crippen LogP contribution < -0.4 is 0 Å². The third-order valence-electron chi connectivity index (χ3n) is 3.28. The van der Waals surface area contributed by atoms with Crippen LogP contribution in [-0.4, -0.2) is 36.5 Å². The Bertz CT molecular complexity index is 684. The first-order valence-corrected chi connectivity index (χ1v) is 7.37. The molecule has 0 aliphatic carbocycles. The van der Waals surface area contributed by atoms with Crippen molar-refractivity contribution in [1.29, 1.82) is 5.26 Å². The van der Waals surface area contributed by atoms with Gasteiger partial charge in [0, 0.05) is 20.3 Å². The normalized spacial score (nSPS) is 10.9. The lowest BCUT2D eigenvalue weighted by Crippen LogP contribution is -2.04. The summed E-state index contributed by atoms with van der Waals surface area (Å²) in [6.45, 7) is 2.81. The van der Waals surface area contributed by atoms with Crippen LogP contribution in [0.25, 0.3) is 11.0 Å². The lowest BCUT2D eigenvalue weighted by Gasteiger charge is -2.06. The van der Waals surface area contributed by atoms with E-state index in [-0.39, 0.29) is 0 Å². The van der Waals surface area contributed by atoms with Gasteiger partial charge in [0.1, 0.15) is 6.07 Å². The summed E-state index contributed by atoms with van der Waals surface area (Å²) in [6, 6.07) is 7.84. The van der Waals surface area contributed by atoms with Crippen LogP contribution in [-0.2, 0) is 16.0 Å². The van der Waals surface area contributed by atoms with Crippen molar-refractivity contribution in [3.63, 3.8) is 0 Å². The molecule has 5 nitrogen and oxygen atoms in total. The number of fused-ring (bicyclic) bond motifs is 1. The number of methoxy groups -OCH3 is 1. The van der Waals surface area contributed by atoms with E-state index in [4.69, 9.17) is 27.0 Å². The third-order valence-corrected chi connectivity index (χ3v) is 3.61. The number of imidazole rings is 1. The highest BCUT2D eigenvalue weighted by atomic mass is 32.1. The number of benzene rings is 1. The first-order valence-electron chi connectivity index (χ1n) is 6.96. The minimum Gasteiger partial charge on any atom is -0.382 e. The summed E-state index contributed by atoms with van der Waals surface area (Å²) in [5, 5.41) is 9.11. The number of hydrogen-bond acceptors (Lipinski definition) is 4. The maximum absolute atomic E-state index is 9.11. The smallest absolute Gasteiger partial charge is 0.178 e. The van der Waals surface area contributed by atoms with Crippen molar-refractivity contribution in [3.05, 3.63) is 28.5 Å². The molecule has 0 saturated heterocycles. The number of H-pyrrole nitrogens is 1. The van der Waals surface area contributed by atoms with Gasteiger partial charge in [-0.1, -0.05) is 6.07 Å². The van der Waals surface area contributed by atoms with Gasteiger partial charge in [-0.3, -0.25) is 0 Å². The summed E-state index contributed by atoms with van der Waals surface area (Å²) in [4.78, 5) is 3.12. The molecule has 0 fully saturated rings. The molecule has 0 amide bonds. The van der Waals surface area contributed by atoms with Crippen molar-refractivity contribution in [2.75, 3.05) is 26.9 Å². The summed E-state index contributed by atoms with van der Waals surface area (Å²) in [7, 11) is 1.66. The Hall–Kier alpha value is -1.68. The predicted octanol–water partition coefficient (Wildman–Crippen LogP) is 3.01. The molecule has 1 N–H and O–H groups in total. The van der Waals surface area contributed by atoms with Crippen LogP contribution in [0.4, 0.5) is 0 Å². The van der Waals surface area contributed by atoms with Gasteiger partial charge >= 0.3 is 0 Å². The molecular weight excluding hydrogens is 286 g/mol. The molecule has 1 aromatic heterocycles. The predicted molar refractivity (Wildman–Crippen MR) is 83.8 cm³/mol. The number of nitriles is 1. The molecule has 1 heterocycles. The van der Waals surface area contributed by atoms with Crippen molar-refractivity contribution in [2.24, 2.45) is 0 Å². The fraction of sp³-hybridized carbons (Fsp3) is 0.467. The van der Waals surface area contributed by atoms with Crippen molar-refractivity contribution < 1.29 is 9.47 Å². The molecule has 2 rings (SSSR count). The maximum atomic E-state index is 9.11. The van der Waals surface area contributed by atoms with Crippen LogP contribution in [0.3, 0.4) is 0 Å². The zero-order chi connectivity index (χ0) is 15.1. The second-order valence-corrected chi connectivity index (χ2v) is 5.09. The van der Waals surface area contributed by atoms with Gasteiger partial charge < -0.3 is 19.0 Å². The molecule has 0 atom stereocenters. The average molecular weight is 305 g/mol. The molecule has 1 aromatic carbocycles. The van der Waals surface area contributed by atoms with Gasteiger partial charge in [-0.25, -0.2) is 0 Å². The number of para-hydroxylation sites is 1. The van der Waals surface area contributed by atoms with Gasteiger partial charge in [-0.15, -0.1) is 0 Å². The van der Waals surface area contributed by atoms with E-state index in [0.717, 1.165) is 37.0 Å². The largest absolute Gasteiger partial charge is 0.382 e. The van der Waals surface area contributed by atoms with Crippen molar-refractivity contribution in [1.82, 2.24) is 9.55 Å². The topological polar surface area (TPSA) is 63.0 Å². The lowest BCUT2D eigenvalue weighted by molar-refractivity contribution is 0.0684. The minimum atomic E-state index is 0.625. The monoisotopic (exact) mass is 305 g/mol. The van der Waals surface area contributed by atoms with E-state index in [1.807, 2.05) is 16.7 Å². The van der Waals surface area contributed by atoms with Crippen molar-refractivity contribution in [3.8, 4) is 6.07 Å². The Balaban J connectivity index is 1.95. The van der Waals surface area contributed by atoms with Crippen molar-refractivity contribution >= 4 is 23.3 Å². The SMILES string of the molecule is COCCOCCCCn1c(=S)[nH]c2c(C#N)cccc21. The van der Waals surface area contributed by atoms with Gasteiger partial charge in [-0.05, 0) is 37.2 Å². The third kappa shape index (κ3) is 3.91. The van der Waals surface area contributed by atoms with E-state index < -0.39 is 0 Å². The standard InChI is InChI=1S/C15H19N3O2S/c1-19-9-10-20-8-3-2-7-18-13-6-4-5-12(11-16)14(13)17-15(18)21/h4-6H,2-3,7-10H2,1H3,(H,17,21). The van der Waals surface area contributed by atoms with E-state index in [0.29, 0.717) is 23.5 Å². The Morgan fingerprint density at radius 1 is 1.29 bits per heavy atom. The van der Waals surface area contributed by atoms with E-state index in [1.165, 1.54) is 0 Å². The van der Waals surface area contributed by atoms with Crippen LogP contribution in [0.1, 0.15) is 18.4 Å². The van der Waals surface area contributed by atoms with E-state index >= 15 is 0 Å². The highest BCUT2D eigenvalue weighted by Crippen LogP contribution is 2.18. The number of aryl methyl sites for hydroxylation is 1. The Morgan fingerprint density at radius 2 is 2.14 bits per heavy atom. The summed E-state index contributed by atoms with van der Waals surface area (Å²) >= 11 is 5.35. The van der Waals surface area contributed by atoms with Gasteiger partial charge in [0.05, 0.1) is 29.8 Å². The highest BCUT2D eigenvalue weighted by molar-refractivity contribution is 7.71.